The fourth-order valence-corrected chi connectivity index (χ4v) is 3.25. The highest BCUT2D eigenvalue weighted by Crippen LogP contribution is 2.27. The molecular formula is C28H25NO4. The zero-order valence-corrected chi connectivity index (χ0v) is 18.7. The first-order valence-electron chi connectivity index (χ1n) is 10.9. The quantitative estimate of drug-likeness (QED) is 0.160. The lowest BCUT2D eigenvalue weighted by atomic mass is 10.0. The fraction of sp³-hybridized carbons (Fsp3) is 0.143. The first kappa shape index (κ1) is 22.1. The predicted molar refractivity (Wildman–Crippen MR) is 130 cm³/mol. The number of hydrogen-bond donors (Lipinski definition) is 0. The third kappa shape index (κ3) is 5.39. The molecule has 1 heterocycles. The van der Waals surface area contributed by atoms with Gasteiger partial charge in [-0.3, -0.25) is 4.79 Å². The maximum Gasteiger partial charge on any atom is 0.231 e. The van der Waals surface area contributed by atoms with E-state index in [9.17, 15) is 4.79 Å². The van der Waals surface area contributed by atoms with E-state index in [1.54, 1.807) is 42.7 Å². The monoisotopic (exact) mass is 439 g/mol. The molecule has 0 aliphatic heterocycles. The number of rotatable bonds is 9. The molecule has 4 rings (SSSR count). The molecule has 166 valence electrons. The lowest BCUT2D eigenvalue weighted by molar-refractivity contribution is 0.105. The second-order valence-corrected chi connectivity index (χ2v) is 7.40. The molecule has 0 fully saturated rings. The Bertz CT molecular complexity index is 1250. The zero-order valence-electron chi connectivity index (χ0n) is 18.7. The molecule has 0 aliphatic carbocycles. The fourth-order valence-electron chi connectivity index (χ4n) is 3.25. The first-order valence-corrected chi connectivity index (χ1v) is 10.9. The number of allylic oxidation sites excluding steroid dienone is 2. The topological polar surface area (TPSA) is 61.6 Å². The summed E-state index contributed by atoms with van der Waals surface area (Å²) in [4.78, 5) is 18.1. The summed E-state index contributed by atoms with van der Waals surface area (Å²) >= 11 is 0. The van der Waals surface area contributed by atoms with Gasteiger partial charge in [-0.05, 0) is 73.5 Å². The summed E-state index contributed by atoms with van der Waals surface area (Å²) in [6.07, 6.45) is 6.12. The molecule has 5 heteroatoms. The summed E-state index contributed by atoms with van der Waals surface area (Å²) in [5.74, 6) is 1.53. The van der Waals surface area contributed by atoms with E-state index in [0.717, 1.165) is 17.7 Å². The Morgan fingerprint density at radius 1 is 0.970 bits per heavy atom. The Kier molecular flexibility index (Phi) is 7.00. The van der Waals surface area contributed by atoms with Crippen LogP contribution in [0.4, 0.5) is 0 Å². The van der Waals surface area contributed by atoms with Crippen molar-refractivity contribution in [3.63, 3.8) is 0 Å². The lowest BCUT2D eigenvalue weighted by Crippen LogP contribution is -2.03. The Morgan fingerprint density at radius 2 is 1.70 bits per heavy atom. The Labute approximate surface area is 193 Å². The molecule has 0 amide bonds. The van der Waals surface area contributed by atoms with E-state index in [4.69, 9.17) is 13.9 Å². The van der Waals surface area contributed by atoms with Crippen molar-refractivity contribution in [2.45, 2.75) is 20.3 Å². The van der Waals surface area contributed by atoms with Gasteiger partial charge in [-0.2, -0.15) is 0 Å². The summed E-state index contributed by atoms with van der Waals surface area (Å²) in [5, 5.41) is 0. The number of Topliss-reactive ketones (excluding diaryl/α,β-unsaturated/α-hetero) is 1. The molecule has 0 unspecified atom stereocenters. The number of ketones is 1. The van der Waals surface area contributed by atoms with Crippen LogP contribution in [0.3, 0.4) is 0 Å². The third-order valence-electron chi connectivity index (χ3n) is 4.89. The van der Waals surface area contributed by atoms with E-state index in [0.29, 0.717) is 34.6 Å². The number of fused-ring (bicyclic) bond motifs is 1. The molecule has 0 radical (unpaired) electrons. The van der Waals surface area contributed by atoms with Gasteiger partial charge in [-0.25, -0.2) is 4.98 Å². The normalized spacial score (nSPS) is 11.8. The molecule has 0 aliphatic rings. The molecule has 4 aromatic rings. The summed E-state index contributed by atoms with van der Waals surface area (Å²) < 4.78 is 17.1. The van der Waals surface area contributed by atoms with Crippen LogP contribution < -0.4 is 9.47 Å². The molecule has 0 bridgehead atoms. The van der Waals surface area contributed by atoms with Gasteiger partial charge in [-0.1, -0.05) is 37.3 Å². The van der Waals surface area contributed by atoms with Gasteiger partial charge in [0, 0.05) is 5.56 Å². The van der Waals surface area contributed by atoms with Crippen LogP contribution in [-0.4, -0.2) is 17.4 Å². The first-order chi connectivity index (χ1) is 16.2. The van der Waals surface area contributed by atoms with Crippen LogP contribution >= 0.6 is 0 Å². The smallest absolute Gasteiger partial charge is 0.231 e. The van der Waals surface area contributed by atoms with Crippen molar-refractivity contribution in [2.75, 3.05) is 6.61 Å². The Hall–Kier alpha value is -4.12. The van der Waals surface area contributed by atoms with Crippen molar-refractivity contribution in [3.05, 3.63) is 102 Å². The van der Waals surface area contributed by atoms with Crippen LogP contribution in [0, 0.1) is 0 Å². The number of carbonyl (C=O) groups excluding carboxylic acids is 1. The maximum atomic E-state index is 13.5. The molecule has 3 aromatic carbocycles. The Balaban J connectivity index is 1.70. The minimum Gasteiger partial charge on any atom is -0.494 e. The second-order valence-electron chi connectivity index (χ2n) is 7.40. The van der Waals surface area contributed by atoms with Crippen molar-refractivity contribution in [3.8, 4) is 11.5 Å². The molecule has 1 aromatic heterocycles. The number of nitrogens with zero attached hydrogens (tertiary/aromatic N) is 1. The largest absolute Gasteiger partial charge is 0.494 e. The average molecular weight is 440 g/mol. The van der Waals surface area contributed by atoms with E-state index in [1.807, 2.05) is 55.5 Å². The van der Waals surface area contributed by atoms with Crippen LogP contribution in [-0.2, 0) is 0 Å². The molecule has 5 nitrogen and oxygen atoms in total. The number of para-hydroxylation sites is 2. The summed E-state index contributed by atoms with van der Waals surface area (Å²) in [6, 6.07) is 22.1. The summed E-state index contributed by atoms with van der Waals surface area (Å²) in [5.41, 5.74) is 3.06. The number of carbonyl (C=O) groups is 1. The number of oxazole rings is 1. The lowest BCUT2D eigenvalue weighted by Gasteiger charge is -2.07. The highest BCUT2D eigenvalue weighted by molar-refractivity contribution is 6.31. The van der Waals surface area contributed by atoms with E-state index < -0.39 is 0 Å². The molecular weight excluding hydrogens is 414 g/mol. The molecule has 0 N–H and O–H groups in total. The van der Waals surface area contributed by atoms with Gasteiger partial charge in [0.25, 0.3) is 0 Å². The van der Waals surface area contributed by atoms with Crippen molar-refractivity contribution in [1.29, 1.82) is 0 Å². The van der Waals surface area contributed by atoms with Crippen molar-refractivity contribution < 1.29 is 18.7 Å². The zero-order chi connectivity index (χ0) is 23.0. The second kappa shape index (κ2) is 10.5. The highest BCUT2D eigenvalue weighted by Gasteiger charge is 2.20. The van der Waals surface area contributed by atoms with Crippen LogP contribution in [0.15, 0.2) is 89.6 Å². The molecule has 33 heavy (non-hydrogen) atoms. The van der Waals surface area contributed by atoms with E-state index >= 15 is 0 Å². The van der Waals surface area contributed by atoms with Crippen molar-refractivity contribution in [1.82, 2.24) is 4.98 Å². The van der Waals surface area contributed by atoms with E-state index in [2.05, 4.69) is 11.9 Å². The van der Waals surface area contributed by atoms with Crippen LogP contribution in [0.1, 0.15) is 42.1 Å². The minimum absolute atomic E-state index is 0.189. The summed E-state index contributed by atoms with van der Waals surface area (Å²) in [7, 11) is 0. The van der Waals surface area contributed by atoms with Crippen LogP contribution in [0.25, 0.3) is 22.7 Å². The molecule has 0 saturated heterocycles. The van der Waals surface area contributed by atoms with E-state index in [-0.39, 0.29) is 11.7 Å². The third-order valence-corrected chi connectivity index (χ3v) is 4.89. The molecule has 0 spiro atoms. The predicted octanol–water partition coefficient (Wildman–Crippen LogP) is 6.95. The van der Waals surface area contributed by atoms with Crippen LogP contribution in [0.2, 0.25) is 0 Å². The molecule has 0 atom stereocenters. The van der Waals surface area contributed by atoms with Gasteiger partial charge >= 0.3 is 0 Å². The van der Waals surface area contributed by atoms with Gasteiger partial charge < -0.3 is 13.9 Å². The van der Waals surface area contributed by atoms with Gasteiger partial charge in [0.05, 0.1) is 18.4 Å². The van der Waals surface area contributed by atoms with Gasteiger partial charge in [0.1, 0.15) is 17.0 Å². The van der Waals surface area contributed by atoms with Crippen molar-refractivity contribution in [2.24, 2.45) is 0 Å². The van der Waals surface area contributed by atoms with E-state index in [1.165, 1.54) is 0 Å². The number of benzene rings is 3. The Morgan fingerprint density at radius 3 is 2.39 bits per heavy atom. The van der Waals surface area contributed by atoms with Crippen molar-refractivity contribution >= 4 is 28.5 Å². The molecule has 0 saturated carbocycles. The van der Waals surface area contributed by atoms with Crippen LogP contribution in [0.5, 0.6) is 11.5 Å². The van der Waals surface area contributed by atoms with Gasteiger partial charge in [0.2, 0.25) is 5.89 Å². The SMILES string of the molecule is CC=COc1ccc(C(=O)C(=Cc2ccc(OCCC)cc2)c2nc3ccccc3o2)cc1. The number of ether oxygens (including phenoxy) is 2. The highest BCUT2D eigenvalue weighted by atomic mass is 16.5. The maximum absolute atomic E-state index is 13.5. The van der Waals surface area contributed by atoms with Gasteiger partial charge in [-0.15, -0.1) is 0 Å². The number of hydrogen-bond acceptors (Lipinski definition) is 5. The van der Waals surface area contributed by atoms with Gasteiger partial charge in [0.15, 0.2) is 11.4 Å². The number of aromatic nitrogens is 1. The standard InChI is InChI=1S/C28H25NO4/c1-3-17-31-22-13-9-20(10-14-22)19-24(28-29-25-7-5-6-8-26(25)33-28)27(30)21-11-15-23(16-12-21)32-18-4-2/h4-16,18-19H,3,17H2,1-2H3. The average Bonchev–Trinajstić information content (AvgIpc) is 3.29. The minimum atomic E-state index is -0.189. The summed E-state index contributed by atoms with van der Waals surface area (Å²) in [6.45, 7) is 4.60.